The summed E-state index contributed by atoms with van der Waals surface area (Å²) in [5.41, 5.74) is 0.910. The van der Waals surface area contributed by atoms with E-state index in [1.54, 1.807) is 18.2 Å². The summed E-state index contributed by atoms with van der Waals surface area (Å²) in [6.07, 6.45) is 0.547. The van der Waals surface area contributed by atoms with Crippen molar-refractivity contribution in [2.45, 2.75) is 6.42 Å². The van der Waals surface area contributed by atoms with Gasteiger partial charge in [0.15, 0.2) is 5.82 Å². The highest BCUT2D eigenvalue weighted by molar-refractivity contribution is 6.31. The summed E-state index contributed by atoms with van der Waals surface area (Å²) in [6.45, 7) is 0.347. The van der Waals surface area contributed by atoms with E-state index < -0.39 is 11.8 Å². The molecular weight excluding hydrogens is 298 g/mol. The number of hydrogen-bond acceptors (Lipinski definition) is 1. The molecule has 0 saturated carbocycles. The second-order valence-electron chi connectivity index (χ2n) is 4.36. The third-order valence-corrected chi connectivity index (χ3v) is 3.10. The van der Waals surface area contributed by atoms with Gasteiger partial charge in [-0.3, -0.25) is 0 Å². The lowest BCUT2D eigenvalue weighted by atomic mass is 10.1. The summed E-state index contributed by atoms with van der Waals surface area (Å²) >= 11 is 5.62. The monoisotopic (exact) mass is 310 g/mol. The summed E-state index contributed by atoms with van der Waals surface area (Å²) in [5.74, 6) is -0.978. The van der Waals surface area contributed by atoms with Gasteiger partial charge >= 0.3 is 6.03 Å². The largest absolute Gasteiger partial charge is 0.338 e. The third kappa shape index (κ3) is 4.43. The molecule has 0 radical (unpaired) electrons. The Labute approximate surface area is 125 Å². The lowest BCUT2D eigenvalue weighted by Gasteiger charge is -2.09. The first-order valence-corrected chi connectivity index (χ1v) is 6.67. The van der Waals surface area contributed by atoms with Crippen LogP contribution in [0.25, 0.3) is 0 Å². The van der Waals surface area contributed by atoms with Gasteiger partial charge in [-0.1, -0.05) is 29.8 Å². The van der Waals surface area contributed by atoms with Crippen LogP contribution in [0, 0.1) is 11.6 Å². The summed E-state index contributed by atoms with van der Waals surface area (Å²) in [7, 11) is 0. The maximum Gasteiger partial charge on any atom is 0.319 e. The Morgan fingerprint density at radius 2 is 1.81 bits per heavy atom. The minimum atomic E-state index is -0.673. The minimum absolute atomic E-state index is 0.0155. The van der Waals surface area contributed by atoms with Crippen molar-refractivity contribution in [3.8, 4) is 0 Å². The van der Waals surface area contributed by atoms with Gasteiger partial charge < -0.3 is 10.6 Å². The molecule has 2 N–H and O–H groups in total. The van der Waals surface area contributed by atoms with Crippen molar-refractivity contribution in [3.05, 3.63) is 64.7 Å². The Morgan fingerprint density at radius 3 is 2.52 bits per heavy atom. The molecule has 0 saturated heterocycles. The Morgan fingerprint density at radius 1 is 1.10 bits per heavy atom. The molecule has 0 bridgehead atoms. The fourth-order valence-electron chi connectivity index (χ4n) is 1.74. The zero-order chi connectivity index (χ0) is 15.2. The van der Waals surface area contributed by atoms with Crippen LogP contribution in [0.1, 0.15) is 5.56 Å². The second-order valence-corrected chi connectivity index (χ2v) is 4.77. The number of carbonyl (C=O) groups excluding carboxylic acids is 1. The SMILES string of the molecule is O=C(NCCc1ccc(F)cc1)Nc1cccc(Cl)c1F. The van der Waals surface area contributed by atoms with Gasteiger partial charge in [0.1, 0.15) is 5.82 Å². The number of hydrogen-bond donors (Lipinski definition) is 2. The van der Waals surface area contributed by atoms with Crippen molar-refractivity contribution in [1.82, 2.24) is 5.32 Å². The van der Waals surface area contributed by atoms with Crippen molar-refractivity contribution in [2.24, 2.45) is 0 Å². The Hall–Kier alpha value is -2.14. The van der Waals surface area contributed by atoms with Crippen molar-refractivity contribution in [3.63, 3.8) is 0 Å². The molecule has 0 aliphatic carbocycles. The van der Waals surface area contributed by atoms with Crippen LogP contribution in [-0.4, -0.2) is 12.6 Å². The van der Waals surface area contributed by atoms with Gasteiger partial charge in [0.25, 0.3) is 0 Å². The molecule has 0 unspecified atom stereocenters. The molecule has 3 nitrogen and oxygen atoms in total. The Bertz CT molecular complexity index is 632. The highest BCUT2D eigenvalue weighted by atomic mass is 35.5. The molecule has 2 aromatic rings. The predicted octanol–water partition coefficient (Wildman–Crippen LogP) is 3.98. The molecule has 110 valence electrons. The van der Waals surface area contributed by atoms with E-state index in [0.717, 1.165) is 5.56 Å². The summed E-state index contributed by atoms with van der Waals surface area (Å²) < 4.78 is 26.3. The molecule has 0 aromatic heterocycles. The number of urea groups is 1. The number of anilines is 1. The molecule has 0 atom stereocenters. The average molecular weight is 311 g/mol. The number of nitrogens with one attached hydrogen (secondary N) is 2. The lowest BCUT2D eigenvalue weighted by molar-refractivity contribution is 0.252. The molecule has 0 heterocycles. The number of halogens is 3. The average Bonchev–Trinajstić information content (AvgIpc) is 2.46. The van der Waals surface area contributed by atoms with Gasteiger partial charge in [-0.05, 0) is 36.2 Å². The molecule has 6 heteroatoms. The topological polar surface area (TPSA) is 41.1 Å². The number of carbonyl (C=O) groups is 1. The zero-order valence-corrected chi connectivity index (χ0v) is 11.8. The van der Waals surface area contributed by atoms with Crippen LogP contribution >= 0.6 is 11.6 Å². The molecule has 0 fully saturated rings. The summed E-state index contributed by atoms with van der Waals surface area (Å²) in [4.78, 5) is 11.6. The normalized spacial score (nSPS) is 10.2. The van der Waals surface area contributed by atoms with Gasteiger partial charge in [-0.25, -0.2) is 13.6 Å². The summed E-state index contributed by atoms with van der Waals surface area (Å²) in [6, 6.07) is 9.83. The molecule has 2 amide bonds. The van der Waals surface area contributed by atoms with E-state index in [0.29, 0.717) is 13.0 Å². The minimum Gasteiger partial charge on any atom is -0.338 e. The van der Waals surface area contributed by atoms with E-state index in [2.05, 4.69) is 10.6 Å². The number of amides is 2. The highest BCUT2D eigenvalue weighted by Crippen LogP contribution is 2.21. The van der Waals surface area contributed by atoms with E-state index in [9.17, 15) is 13.6 Å². The molecule has 2 aromatic carbocycles. The standard InChI is InChI=1S/C15H13ClF2N2O/c16-12-2-1-3-13(14(12)18)20-15(21)19-9-8-10-4-6-11(17)7-5-10/h1-7H,8-9H2,(H2,19,20,21). The van der Waals surface area contributed by atoms with Crippen LogP contribution in [0.5, 0.6) is 0 Å². The molecule has 0 aliphatic rings. The van der Waals surface area contributed by atoms with Crippen LogP contribution < -0.4 is 10.6 Å². The van der Waals surface area contributed by atoms with Gasteiger partial charge in [-0.2, -0.15) is 0 Å². The third-order valence-electron chi connectivity index (χ3n) is 2.81. The fraction of sp³-hybridized carbons (Fsp3) is 0.133. The molecule has 2 rings (SSSR count). The van der Waals surface area contributed by atoms with E-state index in [-0.39, 0.29) is 16.5 Å². The van der Waals surface area contributed by atoms with Crippen LogP contribution in [0.4, 0.5) is 19.3 Å². The van der Waals surface area contributed by atoms with E-state index in [1.807, 2.05) is 0 Å². The van der Waals surface area contributed by atoms with Gasteiger partial charge in [-0.15, -0.1) is 0 Å². The lowest BCUT2D eigenvalue weighted by Crippen LogP contribution is -2.30. The molecule has 21 heavy (non-hydrogen) atoms. The quantitative estimate of drug-likeness (QED) is 0.881. The maximum atomic E-state index is 13.6. The van der Waals surface area contributed by atoms with Crippen molar-refractivity contribution in [2.75, 3.05) is 11.9 Å². The number of benzene rings is 2. The first-order chi connectivity index (χ1) is 10.1. The van der Waals surface area contributed by atoms with Gasteiger partial charge in [0.05, 0.1) is 10.7 Å². The van der Waals surface area contributed by atoms with Crippen molar-refractivity contribution < 1.29 is 13.6 Å². The van der Waals surface area contributed by atoms with Crippen LogP contribution in [0.2, 0.25) is 5.02 Å². The predicted molar refractivity (Wildman–Crippen MR) is 78.5 cm³/mol. The van der Waals surface area contributed by atoms with E-state index in [1.165, 1.54) is 24.3 Å². The zero-order valence-electron chi connectivity index (χ0n) is 11.0. The Balaban J connectivity index is 1.82. The Kier molecular flexibility index (Phi) is 5.11. The second kappa shape index (κ2) is 7.04. The molecular formula is C15H13ClF2N2O. The first-order valence-electron chi connectivity index (χ1n) is 6.29. The maximum absolute atomic E-state index is 13.6. The molecule has 0 aliphatic heterocycles. The summed E-state index contributed by atoms with van der Waals surface area (Å²) in [5, 5.41) is 4.91. The first kappa shape index (κ1) is 15.3. The smallest absolute Gasteiger partial charge is 0.319 e. The van der Waals surface area contributed by atoms with Crippen LogP contribution in [0.3, 0.4) is 0 Å². The van der Waals surface area contributed by atoms with Gasteiger partial charge in [0.2, 0.25) is 0 Å². The van der Waals surface area contributed by atoms with Crippen LogP contribution in [-0.2, 0) is 6.42 Å². The fourth-order valence-corrected chi connectivity index (χ4v) is 1.91. The number of rotatable bonds is 4. The van der Waals surface area contributed by atoms with Crippen molar-refractivity contribution >= 4 is 23.3 Å². The molecule has 0 spiro atoms. The van der Waals surface area contributed by atoms with E-state index in [4.69, 9.17) is 11.6 Å². The van der Waals surface area contributed by atoms with Gasteiger partial charge in [0, 0.05) is 6.54 Å². The van der Waals surface area contributed by atoms with Crippen LogP contribution in [0.15, 0.2) is 42.5 Å². The van der Waals surface area contributed by atoms with E-state index >= 15 is 0 Å². The van der Waals surface area contributed by atoms with Crippen molar-refractivity contribution in [1.29, 1.82) is 0 Å². The highest BCUT2D eigenvalue weighted by Gasteiger charge is 2.08.